The zero-order chi connectivity index (χ0) is 11.4. The molecular formula is C12H11FN2S. The van der Waals surface area contributed by atoms with Crippen molar-refractivity contribution in [3.05, 3.63) is 54.1 Å². The lowest BCUT2D eigenvalue weighted by atomic mass is 10.2. The molecule has 1 aromatic carbocycles. The van der Waals surface area contributed by atoms with Crippen molar-refractivity contribution >= 4 is 17.4 Å². The fraction of sp³-hybridized carbons (Fsp3) is 0.0833. The predicted octanol–water partition coefficient (Wildman–Crippen LogP) is 3.10. The van der Waals surface area contributed by atoms with Crippen LogP contribution in [0.3, 0.4) is 0 Å². The van der Waals surface area contributed by atoms with Crippen LogP contribution in [0.4, 0.5) is 10.1 Å². The molecule has 0 aliphatic carbocycles. The third kappa shape index (κ3) is 2.73. The maximum atomic E-state index is 12.9. The summed E-state index contributed by atoms with van der Waals surface area (Å²) in [6, 6.07) is 8.44. The molecule has 0 radical (unpaired) electrons. The second-order valence-electron chi connectivity index (χ2n) is 3.33. The largest absolute Gasteiger partial charge is 0.397 e. The van der Waals surface area contributed by atoms with E-state index >= 15 is 0 Å². The molecule has 0 bridgehead atoms. The van der Waals surface area contributed by atoms with Gasteiger partial charge >= 0.3 is 0 Å². The molecule has 0 saturated heterocycles. The summed E-state index contributed by atoms with van der Waals surface area (Å²) >= 11 is 1.58. The van der Waals surface area contributed by atoms with Gasteiger partial charge in [0.25, 0.3) is 0 Å². The number of hydrogen-bond acceptors (Lipinski definition) is 3. The van der Waals surface area contributed by atoms with Crippen molar-refractivity contribution in [2.24, 2.45) is 0 Å². The van der Waals surface area contributed by atoms with Crippen LogP contribution >= 0.6 is 11.8 Å². The summed E-state index contributed by atoms with van der Waals surface area (Å²) in [5.74, 6) is 0.493. The maximum Gasteiger partial charge on any atom is 0.123 e. The Hall–Kier alpha value is -1.55. The van der Waals surface area contributed by atoms with Crippen molar-refractivity contribution in [3.63, 3.8) is 0 Å². The fourth-order valence-corrected chi connectivity index (χ4v) is 2.19. The van der Waals surface area contributed by atoms with E-state index in [4.69, 9.17) is 5.73 Å². The molecule has 1 heterocycles. The van der Waals surface area contributed by atoms with E-state index < -0.39 is 0 Å². The Morgan fingerprint density at radius 1 is 1.31 bits per heavy atom. The minimum absolute atomic E-state index is 0.208. The van der Waals surface area contributed by atoms with Gasteiger partial charge in [-0.1, -0.05) is 12.1 Å². The molecule has 1 aromatic heterocycles. The molecule has 2 nitrogen and oxygen atoms in total. The molecule has 0 spiro atoms. The van der Waals surface area contributed by atoms with Gasteiger partial charge in [-0.3, -0.25) is 4.98 Å². The number of halogens is 1. The van der Waals surface area contributed by atoms with Gasteiger partial charge in [-0.25, -0.2) is 4.39 Å². The Kier molecular flexibility index (Phi) is 3.41. The number of nitrogen functional groups attached to an aromatic ring is 1. The number of nitrogens with two attached hydrogens (primary N) is 1. The fourth-order valence-electron chi connectivity index (χ4n) is 1.31. The number of nitrogens with zero attached hydrogens (tertiary/aromatic N) is 1. The summed E-state index contributed by atoms with van der Waals surface area (Å²) in [4.78, 5) is 4.89. The van der Waals surface area contributed by atoms with Crippen molar-refractivity contribution in [1.29, 1.82) is 0 Å². The molecule has 0 unspecified atom stereocenters. The average Bonchev–Trinajstić information content (AvgIpc) is 2.28. The van der Waals surface area contributed by atoms with Crippen LogP contribution in [0, 0.1) is 5.82 Å². The monoisotopic (exact) mass is 234 g/mol. The van der Waals surface area contributed by atoms with E-state index in [1.54, 1.807) is 30.2 Å². The van der Waals surface area contributed by atoms with E-state index in [0.29, 0.717) is 11.4 Å². The van der Waals surface area contributed by atoms with Crippen LogP contribution in [-0.4, -0.2) is 4.98 Å². The molecule has 0 atom stereocenters. The number of anilines is 1. The molecule has 0 fully saturated rings. The minimum atomic E-state index is -0.208. The summed E-state index contributed by atoms with van der Waals surface area (Å²) in [6.07, 6.45) is 3.32. The molecule has 0 saturated carbocycles. The van der Waals surface area contributed by atoms with Gasteiger partial charge in [0.1, 0.15) is 5.82 Å². The average molecular weight is 234 g/mol. The van der Waals surface area contributed by atoms with Crippen molar-refractivity contribution in [1.82, 2.24) is 4.98 Å². The van der Waals surface area contributed by atoms with Gasteiger partial charge in [0, 0.05) is 16.8 Å². The molecule has 4 heteroatoms. The molecule has 2 aromatic rings. The van der Waals surface area contributed by atoms with E-state index in [9.17, 15) is 4.39 Å². The van der Waals surface area contributed by atoms with Crippen LogP contribution in [0.5, 0.6) is 0 Å². The third-order valence-electron chi connectivity index (χ3n) is 2.09. The summed E-state index contributed by atoms with van der Waals surface area (Å²) in [5.41, 5.74) is 7.36. The van der Waals surface area contributed by atoms with Gasteiger partial charge in [-0.15, -0.1) is 11.8 Å². The number of benzene rings is 1. The number of aromatic nitrogens is 1. The minimum Gasteiger partial charge on any atom is -0.397 e. The topological polar surface area (TPSA) is 38.9 Å². The molecule has 0 amide bonds. The van der Waals surface area contributed by atoms with Crippen molar-refractivity contribution < 1.29 is 4.39 Å². The Balaban J connectivity index is 2.05. The highest BCUT2D eigenvalue weighted by atomic mass is 32.2. The second kappa shape index (κ2) is 4.99. The van der Waals surface area contributed by atoms with Crippen LogP contribution < -0.4 is 5.73 Å². The zero-order valence-corrected chi connectivity index (χ0v) is 9.38. The summed E-state index contributed by atoms with van der Waals surface area (Å²) < 4.78 is 12.9. The van der Waals surface area contributed by atoms with Gasteiger partial charge in [0.05, 0.1) is 11.9 Å². The first-order chi connectivity index (χ1) is 7.75. The third-order valence-corrected chi connectivity index (χ3v) is 3.25. The molecule has 0 aliphatic rings. The smallest absolute Gasteiger partial charge is 0.123 e. The Bertz CT molecular complexity index is 488. The highest BCUT2D eigenvalue weighted by molar-refractivity contribution is 7.98. The second-order valence-corrected chi connectivity index (χ2v) is 4.35. The highest BCUT2D eigenvalue weighted by Gasteiger charge is 2.00. The normalized spacial score (nSPS) is 10.3. The lowest BCUT2D eigenvalue weighted by Crippen LogP contribution is -1.90. The molecule has 2 N–H and O–H groups in total. The van der Waals surface area contributed by atoms with Gasteiger partial charge in [0.2, 0.25) is 0 Å². The van der Waals surface area contributed by atoms with Crippen molar-refractivity contribution in [2.75, 3.05) is 5.73 Å². The van der Waals surface area contributed by atoms with Gasteiger partial charge in [-0.2, -0.15) is 0 Å². The first-order valence-electron chi connectivity index (χ1n) is 4.82. The number of pyridine rings is 1. The van der Waals surface area contributed by atoms with Gasteiger partial charge in [-0.05, 0) is 23.8 Å². The quantitative estimate of drug-likeness (QED) is 0.829. The molecule has 2 rings (SSSR count). The molecule has 82 valence electrons. The number of thioether (sulfide) groups is 1. The first kappa shape index (κ1) is 11.0. The molecular weight excluding hydrogens is 223 g/mol. The van der Waals surface area contributed by atoms with Crippen molar-refractivity contribution in [3.8, 4) is 0 Å². The molecule has 16 heavy (non-hydrogen) atoms. The Labute approximate surface area is 97.7 Å². The summed E-state index contributed by atoms with van der Waals surface area (Å²) in [6.45, 7) is 0. The number of hydrogen-bond donors (Lipinski definition) is 1. The van der Waals surface area contributed by atoms with E-state index in [0.717, 1.165) is 10.5 Å². The lowest BCUT2D eigenvalue weighted by Gasteiger charge is -2.04. The van der Waals surface area contributed by atoms with Gasteiger partial charge < -0.3 is 5.73 Å². The van der Waals surface area contributed by atoms with Crippen molar-refractivity contribution in [2.45, 2.75) is 10.6 Å². The van der Waals surface area contributed by atoms with E-state index in [1.165, 1.54) is 12.1 Å². The zero-order valence-electron chi connectivity index (χ0n) is 8.56. The van der Waals surface area contributed by atoms with E-state index in [2.05, 4.69) is 4.98 Å². The van der Waals surface area contributed by atoms with E-state index in [1.807, 2.05) is 12.1 Å². The van der Waals surface area contributed by atoms with Crippen LogP contribution in [-0.2, 0) is 5.75 Å². The first-order valence-corrected chi connectivity index (χ1v) is 5.81. The maximum absolute atomic E-state index is 12.9. The molecule has 0 aliphatic heterocycles. The van der Waals surface area contributed by atoms with E-state index in [-0.39, 0.29) is 5.82 Å². The Morgan fingerprint density at radius 3 is 2.94 bits per heavy atom. The van der Waals surface area contributed by atoms with Gasteiger partial charge in [0.15, 0.2) is 0 Å². The number of rotatable bonds is 3. The van der Waals surface area contributed by atoms with Crippen LogP contribution in [0.2, 0.25) is 0 Å². The van der Waals surface area contributed by atoms with Crippen LogP contribution in [0.15, 0.2) is 47.6 Å². The predicted molar refractivity (Wildman–Crippen MR) is 64.6 cm³/mol. The van der Waals surface area contributed by atoms with Crippen LogP contribution in [0.1, 0.15) is 5.56 Å². The van der Waals surface area contributed by atoms with Crippen LogP contribution in [0.25, 0.3) is 0 Å². The standard InChI is InChI=1S/C12H11FN2S/c13-10-3-1-2-9(6-10)8-16-12-4-5-15-7-11(12)14/h1-7H,8,14H2. The summed E-state index contributed by atoms with van der Waals surface area (Å²) in [7, 11) is 0. The summed E-state index contributed by atoms with van der Waals surface area (Å²) in [5, 5.41) is 0. The highest BCUT2D eigenvalue weighted by Crippen LogP contribution is 2.27. The Morgan fingerprint density at radius 2 is 2.19 bits per heavy atom. The lowest BCUT2D eigenvalue weighted by molar-refractivity contribution is 0.626. The SMILES string of the molecule is Nc1cnccc1SCc1cccc(F)c1.